The van der Waals surface area contributed by atoms with Gasteiger partial charge in [0.2, 0.25) is 0 Å². The van der Waals surface area contributed by atoms with Gasteiger partial charge in [-0.3, -0.25) is 0 Å². The highest BCUT2D eigenvalue weighted by Gasteiger charge is 2.14. The molecule has 1 heterocycles. The van der Waals surface area contributed by atoms with Crippen LogP contribution < -0.4 is 5.32 Å². The average molecular weight is 242 g/mol. The van der Waals surface area contributed by atoms with Gasteiger partial charge in [-0.1, -0.05) is 13.8 Å². The Morgan fingerprint density at radius 3 is 2.47 bits per heavy atom. The quantitative estimate of drug-likeness (QED) is 0.740. The Labute approximate surface area is 107 Å². The lowest BCUT2D eigenvalue weighted by Gasteiger charge is -2.28. The molecule has 3 nitrogen and oxygen atoms in total. The number of rotatable bonds is 7. The molecule has 0 aromatic rings. The van der Waals surface area contributed by atoms with Crippen molar-refractivity contribution in [1.82, 2.24) is 10.2 Å². The van der Waals surface area contributed by atoms with Crippen molar-refractivity contribution < 1.29 is 4.74 Å². The predicted molar refractivity (Wildman–Crippen MR) is 73.4 cm³/mol. The molecular formula is C14H30N2O. The summed E-state index contributed by atoms with van der Waals surface area (Å²) in [6.07, 6.45) is 4.10. The summed E-state index contributed by atoms with van der Waals surface area (Å²) in [4.78, 5) is 2.42. The monoisotopic (exact) mass is 242 g/mol. The van der Waals surface area contributed by atoms with Crippen LogP contribution in [0.2, 0.25) is 0 Å². The first-order chi connectivity index (χ1) is 8.09. The van der Waals surface area contributed by atoms with E-state index in [4.69, 9.17) is 4.74 Å². The smallest absolute Gasteiger partial charge is 0.0600 e. The molecule has 0 radical (unpaired) electrons. The van der Waals surface area contributed by atoms with E-state index in [0.29, 0.717) is 12.1 Å². The van der Waals surface area contributed by atoms with Crippen LogP contribution in [-0.4, -0.2) is 50.3 Å². The van der Waals surface area contributed by atoms with Crippen molar-refractivity contribution in [2.45, 2.75) is 52.2 Å². The number of likely N-dealkylation sites (N-methyl/N-ethyl adjacent to an activating group) is 1. The SMILES string of the molecule is CC(C)CC(C)N(C)CCOC1CCNCC1. The Balaban J connectivity index is 2.08. The van der Waals surface area contributed by atoms with Gasteiger partial charge in [-0.2, -0.15) is 0 Å². The highest BCUT2D eigenvalue weighted by Crippen LogP contribution is 2.10. The molecular weight excluding hydrogens is 212 g/mol. The lowest BCUT2D eigenvalue weighted by molar-refractivity contribution is 0.0181. The summed E-state index contributed by atoms with van der Waals surface area (Å²) in [5, 5.41) is 3.36. The molecule has 0 saturated carbocycles. The Bertz CT molecular complexity index is 191. The van der Waals surface area contributed by atoms with Crippen LogP contribution in [0.1, 0.15) is 40.0 Å². The van der Waals surface area contributed by atoms with Crippen molar-refractivity contribution in [1.29, 1.82) is 0 Å². The molecule has 1 aliphatic heterocycles. The number of nitrogens with zero attached hydrogens (tertiary/aromatic N) is 1. The van der Waals surface area contributed by atoms with E-state index >= 15 is 0 Å². The molecule has 102 valence electrons. The zero-order chi connectivity index (χ0) is 12.7. The minimum absolute atomic E-state index is 0.491. The number of hydrogen-bond acceptors (Lipinski definition) is 3. The minimum Gasteiger partial charge on any atom is -0.377 e. The summed E-state index contributed by atoms with van der Waals surface area (Å²) < 4.78 is 5.93. The van der Waals surface area contributed by atoms with Crippen molar-refractivity contribution in [3.63, 3.8) is 0 Å². The minimum atomic E-state index is 0.491. The van der Waals surface area contributed by atoms with Crippen LogP contribution in [0.4, 0.5) is 0 Å². The maximum atomic E-state index is 5.93. The van der Waals surface area contributed by atoms with Crippen molar-refractivity contribution in [3.8, 4) is 0 Å². The summed E-state index contributed by atoms with van der Waals surface area (Å²) in [5.74, 6) is 0.776. The molecule has 0 aromatic carbocycles. The summed E-state index contributed by atoms with van der Waals surface area (Å²) in [7, 11) is 2.21. The van der Waals surface area contributed by atoms with Gasteiger partial charge in [-0.05, 0) is 52.2 Å². The van der Waals surface area contributed by atoms with Gasteiger partial charge in [0, 0.05) is 12.6 Å². The van der Waals surface area contributed by atoms with E-state index in [9.17, 15) is 0 Å². The standard InChI is InChI=1S/C14H30N2O/c1-12(2)11-13(3)16(4)9-10-17-14-5-7-15-8-6-14/h12-15H,5-11H2,1-4H3. The lowest BCUT2D eigenvalue weighted by atomic mass is 10.0. The molecule has 1 fully saturated rings. The molecule has 1 atom stereocenters. The fraction of sp³-hybridized carbons (Fsp3) is 1.00. The van der Waals surface area contributed by atoms with Crippen LogP contribution in [0, 0.1) is 5.92 Å². The second-order valence-electron chi connectivity index (χ2n) is 5.78. The van der Waals surface area contributed by atoms with Crippen LogP contribution >= 0.6 is 0 Å². The fourth-order valence-corrected chi connectivity index (χ4v) is 2.41. The predicted octanol–water partition coefficient (Wildman–Crippen LogP) is 2.12. The molecule has 1 unspecified atom stereocenters. The van der Waals surface area contributed by atoms with Crippen LogP contribution in [-0.2, 0) is 4.74 Å². The van der Waals surface area contributed by atoms with Crippen molar-refractivity contribution in [3.05, 3.63) is 0 Å². The first kappa shape index (κ1) is 14.9. The van der Waals surface area contributed by atoms with Gasteiger partial charge in [0.25, 0.3) is 0 Å². The normalized spacial score (nSPS) is 20.1. The second-order valence-corrected chi connectivity index (χ2v) is 5.78. The molecule has 3 heteroatoms. The maximum Gasteiger partial charge on any atom is 0.0600 e. The van der Waals surface area contributed by atoms with E-state index in [1.807, 2.05) is 0 Å². The van der Waals surface area contributed by atoms with Gasteiger partial charge in [0.1, 0.15) is 0 Å². The molecule has 0 amide bonds. The van der Waals surface area contributed by atoms with Crippen molar-refractivity contribution in [2.75, 3.05) is 33.3 Å². The Morgan fingerprint density at radius 2 is 1.88 bits per heavy atom. The van der Waals surface area contributed by atoms with E-state index in [1.54, 1.807) is 0 Å². The zero-order valence-electron chi connectivity index (χ0n) is 12.0. The van der Waals surface area contributed by atoms with E-state index in [1.165, 1.54) is 19.3 Å². The Kier molecular flexibility index (Phi) is 7.09. The zero-order valence-corrected chi connectivity index (χ0v) is 12.0. The Morgan fingerprint density at radius 1 is 1.24 bits per heavy atom. The van der Waals surface area contributed by atoms with Gasteiger partial charge < -0.3 is 15.0 Å². The van der Waals surface area contributed by atoms with E-state index < -0.39 is 0 Å². The van der Waals surface area contributed by atoms with Crippen LogP contribution in [0.5, 0.6) is 0 Å². The third-order valence-corrected chi connectivity index (χ3v) is 3.65. The lowest BCUT2D eigenvalue weighted by Crippen LogP contribution is -2.36. The Hall–Kier alpha value is -0.120. The molecule has 1 N–H and O–H groups in total. The fourth-order valence-electron chi connectivity index (χ4n) is 2.41. The molecule has 0 aliphatic carbocycles. The van der Waals surface area contributed by atoms with Gasteiger partial charge in [0.05, 0.1) is 12.7 Å². The number of nitrogens with one attached hydrogen (secondary N) is 1. The number of piperidine rings is 1. The van der Waals surface area contributed by atoms with Crippen LogP contribution in [0.25, 0.3) is 0 Å². The molecule has 0 aromatic heterocycles. The summed E-state index contributed by atoms with van der Waals surface area (Å²) in [5.41, 5.74) is 0. The second kappa shape index (κ2) is 8.06. The van der Waals surface area contributed by atoms with Crippen molar-refractivity contribution in [2.24, 2.45) is 5.92 Å². The first-order valence-corrected chi connectivity index (χ1v) is 7.12. The van der Waals surface area contributed by atoms with Gasteiger partial charge >= 0.3 is 0 Å². The van der Waals surface area contributed by atoms with E-state index in [0.717, 1.165) is 32.2 Å². The first-order valence-electron chi connectivity index (χ1n) is 7.12. The topological polar surface area (TPSA) is 24.5 Å². The van der Waals surface area contributed by atoms with Crippen LogP contribution in [0.3, 0.4) is 0 Å². The molecule has 0 bridgehead atoms. The third-order valence-electron chi connectivity index (χ3n) is 3.65. The molecule has 1 saturated heterocycles. The number of hydrogen-bond donors (Lipinski definition) is 1. The number of ether oxygens (including phenoxy) is 1. The highest BCUT2D eigenvalue weighted by atomic mass is 16.5. The van der Waals surface area contributed by atoms with E-state index in [-0.39, 0.29) is 0 Å². The van der Waals surface area contributed by atoms with Crippen LogP contribution in [0.15, 0.2) is 0 Å². The highest BCUT2D eigenvalue weighted by molar-refractivity contribution is 4.69. The van der Waals surface area contributed by atoms with Gasteiger partial charge in [0.15, 0.2) is 0 Å². The molecule has 17 heavy (non-hydrogen) atoms. The summed E-state index contributed by atoms with van der Waals surface area (Å²) >= 11 is 0. The summed E-state index contributed by atoms with van der Waals surface area (Å²) in [6, 6.07) is 0.659. The van der Waals surface area contributed by atoms with Gasteiger partial charge in [-0.25, -0.2) is 0 Å². The largest absolute Gasteiger partial charge is 0.377 e. The van der Waals surface area contributed by atoms with Crippen molar-refractivity contribution >= 4 is 0 Å². The summed E-state index contributed by atoms with van der Waals surface area (Å²) in [6.45, 7) is 11.0. The molecule has 1 rings (SSSR count). The van der Waals surface area contributed by atoms with Gasteiger partial charge in [-0.15, -0.1) is 0 Å². The third kappa shape index (κ3) is 6.39. The molecule has 0 spiro atoms. The van der Waals surface area contributed by atoms with E-state index in [2.05, 4.69) is 38.0 Å². The molecule has 1 aliphatic rings. The average Bonchev–Trinajstić information content (AvgIpc) is 2.29. The maximum absolute atomic E-state index is 5.93.